The van der Waals surface area contributed by atoms with E-state index in [0.717, 1.165) is 0 Å². The minimum Gasteiger partial charge on any atom is -0.476 e. The van der Waals surface area contributed by atoms with Crippen molar-refractivity contribution in [2.75, 3.05) is 0 Å². The predicted molar refractivity (Wildman–Crippen MR) is 46.2 cm³/mol. The van der Waals surface area contributed by atoms with Crippen molar-refractivity contribution in [1.29, 1.82) is 0 Å². The Labute approximate surface area is 79.2 Å². The van der Waals surface area contributed by atoms with Crippen molar-refractivity contribution in [3.05, 3.63) is 28.5 Å². The van der Waals surface area contributed by atoms with Crippen LogP contribution in [0.3, 0.4) is 0 Å². The van der Waals surface area contributed by atoms with Crippen molar-refractivity contribution >= 4 is 23.4 Å². The van der Waals surface area contributed by atoms with Crippen LogP contribution in [0.5, 0.6) is 0 Å². The first-order chi connectivity index (χ1) is 6.02. The fourth-order valence-electron chi connectivity index (χ4n) is 0.878. The minimum absolute atomic E-state index is 0.0278. The van der Waals surface area contributed by atoms with Crippen LogP contribution in [0.15, 0.2) is 12.3 Å². The van der Waals surface area contributed by atoms with Crippen molar-refractivity contribution in [2.45, 2.75) is 6.92 Å². The van der Waals surface area contributed by atoms with Crippen LogP contribution in [-0.4, -0.2) is 21.8 Å². The molecule has 0 aliphatic heterocycles. The lowest BCUT2D eigenvalue weighted by molar-refractivity contribution is 0.0685. The van der Waals surface area contributed by atoms with Gasteiger partial charge in [0.25, 0.3) is 0 Å². The van der Waals surface area contributed by atoms with Gasteiger partial charge in [-0.1, -0.05) is 11.6 Å². The van der Waals surface area contributed by atoms with Gasteiger partial charge in [0.2, 0.25) is 0 Å². The van der Waals surface area contributed by atoms with Gasteiger partial charge in [0.1, 0.15) is 0 Å². The third-order valence-electron chi connectivity index (χ3n) is 1.44. The molecule has 0 saturated carbocycles. The molecule has 4 nitrogen and oxygen atoms in total. The van der Waals surface area contributed by atoms with Crippen LogP contribution in [0.4, 0.5) is 0 Å². The van der Waals surface area contributed by atoms with Gasteiger partial charge < -0.3 is 5.11 Å². The van der Waals surface area contributed by atoms with E-state index in [4.69, 9.17) is 16.7 Å². The van der Waals surface area contributed by atoms with Gasteiger partial charge in [0.15, 0.2) is 11.5 Å². The third-order valence-corrected chi connectivity index (χ3v) is 1.64. The molecule has 13 heavy (non-hydrogen) atoms. The minimum atomic E-state index is -1.23. The number of carboxylic acid groups (broad SMARTS) is 1. The Morgan fingerprint density at radius 3 is 2.62 bits per heavy atom. The molecule has 0 spiro atoms. The van der Waals surface area contributed by atoms with Crippen LogP contribution in [0.25, 0.3) is 0 Å². The van der Waals surface area contributed by atoms with Crippen LogP contribution in [-0.2, 0) is 0 Å². The highest BCUT2D eigenvalue weighted by Gasteiger charge is 2.15. The molecule has 0 aliphatic rings. The van der Waals surface area contributed by atoms with E-state index in [1.807, 2.05) is 0 Å². The van der Waals surface area contributed by atoms with Crippen LogP contribution < -0.4 is 0 Å². The largest absolute Gasteiger partial charge is 0.476 e. The maximum Gasteiger partial charge on any atom is 0.355 e. The summed E-state index contributed by atoms with van der Waals surface area (Å²) in [6, 6.07) is 1.29. The van der Waals surface area contributed by atoms with E-state index in [0.29, 0.717) is 0 Å². The first-order valence-corrected chi connectivity index (χ1v) is 3.80. The molecule has 0 amide bonds. The number of ketones is 1. The number of halogens is 1. The van der Waals surface area contributed by atoms with E-state index in [1.165, 1.54) is 19.2 Å². The van der Waals surface area contributed by atoms with Crippen LogP contribution in [0, 0.1) is 0 Å². The number of aromatic carboxylic acids is 1. The van der Waals surface area contributed by atoms with Crippen LogP contribution in [0.2, 0.25) is 5.02 Å². The summed E-state index contributed by atoms with van der Waals surface area (Å²) in [5.41, 5.74) is -0.239. The van der Waals surface area contributed by atoms with Crippen molar-refractivity contribution in [3.63, 3.8) is 0 Å². The summed E-state index contributed by atoms with van der Waals surface area (Å²) in [5.74, 6) is -1.60. The Morgan fingerprint density at radius 2 is 2.15 bits per heavy atom. The molecule has 0 atom stereocenters. The first-order valence-electron chi connectivity index (χ1n) is 3.42. The molecular weight excluding hydrogens is 194 g/mol. The molecule has 1 rings (SSSR count). The average Bonchev–Trinajstić information content (AvgIpc) is 2.03. The number of carboxylic acids is 1. The lowest BCUT2D eigenvalue weighted by atomic mass is 10.1. The lowest BCUT2D eigenvalue weighted by Gasteiger charge is -2.00. The maximum atomic E-state index is 11.0. The van der Waals surface area contributed by atoms with E-state index in [2.05, 4.69) is 4.98 Å². The fraction of sp³-hybridized carbons (Fsp3) is 0.125. The number of nitrogens with zero attached hydrogens (tertiary/aromatic N) is 1. The van der Waals surface area contributed by atoms with E-state index in [9.17, 15) is 9.59 Å². The quantitative estimate of drug-likeness (QED) is 0.736. The molecule has 0 radical (unpaired) electrons. The molecule has 1 aromatic rings. The number of rotatable bonds is 2. The molecule has 0 unspecified atom stereocenters. The van der Waals surface area contributed by atoms with Gasteiger partial charge in [-0.25, -0.2) is 9.78 Å². The normalized spacial score (nSPS) is 9.69. The summed E-state index contributed by atoms with van der Waals surface area (Å²) >= 11 is 5.56. The smallest absolute Gasteiger partial charge is 0.355 e. The molecule has 5 heteroatoms. The molecule has 0 aliphatic carbocycles. The van der Waals surface area contributed by atoms with Crippen molar-refractivity contribution in [3.8, 4) is 0 Å². The summed E-state index contributed by atoms with van der Waals surface area (Å²) in [7, 11) is 0. The van der Waals surface area contributed by atoms with Crippen molar-refractivity contribution < 1.29 is 14.7 Å². The zero-order valence-electron chi connectivity index (χ0n) is 6.74. The van der Waals surface area contributed by atoms with Gasteiger partial charge in [0, 0.05) is 6.20 Å². The average molecular weight is 200 g/mol. The highest BCUT2D eigenvalue weighted by molar-refractivity contribution is 6.31. The summed E-state index contributed by atoms with van der Waals surface area (Å²) in [5, 5.41) is 8.89. The second kappa shape index (κ2) is 3.53. The number of hydrogen-bond acceptors (Lipinski definition) is 3. The predicted octanol–water partition coefficient (Wildman–Crippen LogP) is 1.64. The second-order valence-electron chi connectivity index (χ2n) is 2.41. The zero-order chi connectivity index (χ0) is 10.0. The maximum absolute atomic E-state index is 11.0. The Balaban J connectivity index is 3.35. The molecule has 0 aromatic carbocycles. The molecule has 0 bridgehead atoms. The van der Waals surface area contributed by atoms with Gasteiger partial charge in [-0.05, 0) is 13.0 Å². The van der Waals surface area contributed by atoms with E-state index < -0.39 is 5.97 Å². The van der Waals surface area contributed by atoms with E-state index in [1.54, 1.807) is 0 Å². The van der Waals surface area contributed by atoms with Crippen molar-refractivity contribution in [2.24, 2.45) is 0 Å². The first kappa shape index (κ1) is 9.67. The number of pyridine rings is 1. The zero-order valence-corrected chi connectivity index (χ0v) is 7.50. The van der Waals surface area contributed by atoms with Crippen LogP contribution in [0.1, 0.15) is 27.8 Å². The summed E-state index contributed by atoms with van der Waals surface area (Å²) < 4.78 is 0. The Bertz CT molecular complexity index is 376. The Hall–Kier alpha value is -1.42. The van der Waals surface area contributed by atoms with E-state index >= 15 is 0 Å². The monoisotopic (exact) mass is 199 g/mol. The van der Waals surface area contributed by atoms with E-state index in [-0.39, 0.29) is 22.1 Å². The Morgan fingerprint density at radius 1 is 1.54 bits per heavy atom. The SMILES string of the molecule is CC(=O)c1cc(Cl)cnc1C(=O)O. The number of hydrogen-bond donors (Lipinski definition) is 1. The highest BCUT2D eigenvalue weighted by Crippen LogP contribution is 2.13. The fourth-order valence-corrected chi connectivity index (χ4v) is 1.04. The third kappa shape index (κ3) is 2.03. The number of aromatic nitrogens is 1. The molecular formula is C8H6ClNO3. The second-order valence-corrected chi connectivity index (χ2v) is 2.85. The number of Topliss-reactive ketones (excluding diaryl/α,β-unsaturated/α-hetero) is 1. The number of carbonyl (C=O) groups is 2. The molecule has 1 heterocycles. The van der Waals surface area contributed by atoms with Gasteiger partial charge >= 0.3 is 5.97 Å². The van der Waals surface area contributed by atoms with Gasteiger partial charge in [-0.2, -0.15) is 0 Å². The molecule has 0 saturated heterocycles. The number of carbonyl (C=O) groups excluding carboxylic acids is 1. The Kier molecular flexibility index (Phi) is 2.63. The standard InChI is InChI=1S/C8H6ClNO3/c1-4(11)6-2-5(9)3-10-7(6)8(12)13/h2-3H,1H3,(H,12,13). The molecule has 68 valence electrons. The molecule has 1 aromatic heterocycles. The van der Waals surface area contributed by atoms with Gasteiger partial charge in [-0.3, -0.25) is 4.79 Å². The summed E-state index contributed by atoms with van der Waals surface area (Å²) in [6.07, 6.45) is 1.19. The highest BCUT2D eigenvalue weighted by atomic mass is 35.5. The lowest BCUT2D eigenvalue weighted by Crippen LogP contribution is -2.08. The van der Waals surface area contributed by atoms with Crippen molar-refractivity contribution in [1.82, 2.24) is 4.98 Å². The molecule has 0 fully saturated rings. The van der Waals surface area contributed by atoms with Gasteiger partial charge in [0.05, 0.1) is 10.6 Å². The topological polar surface area (TPSA) is 67.3 Å². The summed E-state index contributed by atoms with van der Waals surface area (Å²) in [6.45, 7) is 1.26. The van der Waals surface area contributed by atoms with Gasteiger partial charge in [-0.15, -0.1) is 0 Å². The van der Waals surface area contributed by atoms with Crippen LogP contribution >= 0.6 is 11.6 Å². The summed E-state index contributed by atoms with van der Waals surface area (Å²) in [4.78, 5) is 25.1. The molecule has 1 N–H and O–H groups in total.